The smallest absolute Gasteiger partial charge is 0.399 e. The average molecular weight is 317 g/mol. The molecule has 2 heterocycles. The Morgan fingerprint density at radius 1 is 1.04 bits per heavy atom. The molecule has 2 aliphatic rings. The molecular formula is C18H28BNO3. The molecule has 0 aromatic heterocycles. The van der Waals surface area contributed by atoms with Crippen molar-refractivity contribution in [1.29, 1.82) is 0 Å². The third kappa shape index (κ3) is 3.48. The monoisotopic (exact) mass is 317 g/mol. The lowest BCUT2D eigenvalue weighted by Gasteiger charge is -2.32. The van der Waals surface area contributed by atoms with Crippen LogP contribution >= 0.6 is 0 Å². The van der Waals surface area contributed by atoms with Gasteiger partial charge >= 0.3 is 7.12 Å². The van der Waals surface area contributed by atoms with Gasteiger partial charge in [-0.1, -0.05) is 24.3 Å². The summed E-state index contributed by atoms with van der Waals surface area (Å²) in [5, 5.41) is 10.1. The minimum Gasteiger partial charge on any atom is -0.399 e. The van der Waals surface area contributed by atoms with Gasteiger partial charge in [0.25, 0.3) is 0 Å². The van der Waals surface area contributed by atoms with E-state index in [2.05, 4.69) is 56.9 Å². The van der Waals surface area contributed by atoms with Crippen LogP contribution in [0.1, 0.15) is 46.6 Å². The lowest BCUT2D eigenvalue weighted by Crippen LogP contribution is -2.41. The van der Waals surface area contributed by atoms with Gasteiger partial charge in [-0.15, -0.1) is 0 Å². The molecule has 5 heteroatoms. The summed E-state index contributed by atoms with van der Waals surface area (Å²) in [5.41, 5.74) is 1.15. The van der Waals surface area contributed by atoms with Gasteiger partial charge in [-0.3, -0.25) is 4.90 Å². The van der Waals surface area contributed by atoms with Crippen LogP contribution in [0.25, 0.3) is 0 Å². The third-order valence-corrected chi connectivity index (χ3v) is 5.44. The van der Waals surface area contributed by atoms with Crippen LogP contribution in [0.15, 0.2) is 24.3 Å². The lowest BCUT2D eigenvalue weighted by atomic mass is 9.79. The first-order chi connectivity index (χ1) is 10.6. The summed E-state index contributed by atoms with van der Waals surface area (Å²) in [7, 11) is -0.304. The van der Waals surface area contributed by atoms with Crippen molar-refractivity contribution in [2.24, 2.45) is 0 Å². The van der Waals surface area contributed by atoms with Crippen molar-refractivity contribution in [3.05, 3.63) is 29.8 Å². The van der Waals surface area contributed by atoms with E-state index >= 15 is 0 Å². The van der Waals surface area contributed by atoms with E-state index in [4.69, 9.17) is 9.31 Å². The van der Waals surface area contributed by atoms with E-state index in [9.17, 15) is 5.11 Å². The van der Waals surface area contributed by atoms with Crippen LogP contribution in [-0.4, -0.2) is 47.0 Å². The van der Waals surface area contributed by atoms with E-state index in [1.807, 2.05) is 6.92 Å². The molecule has 1 N–H and O–H groups in total. The van der Waals surface area contributed by atoms with Crippen LogP contribution in [0.3, 0.4) is 0 Å². The largest absolute Gasteiger partial charge is 0.494 e. The normalized spacial score (nSPS) is 30.1. The molecule has 126 valence electrons. The van der Waals surface area contributed by atoms with E-state index < -0.39 is 5.60 Å². The highest BCUT2D eigenvalue weighted by atomic mass is 16.7. The predicted molar refractivity (Wildman–Crippen MR) is 92.7 cm³/mol. The second-order valence-corrected chi connectivity index (χ2v) is 8.29. The van der Waals surface area contributed by atoms with E-state index in [0.29, 0.717) is 0 Å². The fourth-order valence-corrected chi connectivity index (χ4v) is 3.19. The standard InChI is InChI=1S/C18H28BNO3/c1-16(2)17(3,4)23-19(22-16)15-8-6-14(7-9-15)12-20-11-10-18(5,21)13-20/h6-9,21H,10-13H2,1-5H3. The zero-order chi connectivity index (χ0) is 16.9. The maximum absolute atomic E-state index is 10.1. The van der Waals surface area contributed by atoms with Gasteiger partial charge in [-0.2, -0.15) is 0 Å². The molecule has 4 nitrogen and oxygen atoms in total. The Labute approximate surface area is 139 Å². The summed E-state index contributed by atoms with van der Waals surface area (Å²) in [4.78, 5) is 2.30. The molecule has 1 aromatic carbocycles. The molecule has 0 bridgehead atoms. The van der Waals surface area contributed by atoms with Crippen LogP contribution in [0.2, 0.25) is 0 Å². The second-order valence-electron chi connectivity index (χ2n) is 8.29. The van der Waals surface area contributed by atoms with Gasteiger partial charge in [-0.05, 0) is 52.1 Å². The third-order valence-electron chi connectivity index (χ3n) is 5.44. The van der Waals surface area contributed by atoms with Crippen molar-refractivity contribution in [3.8, 4) is 0 Å². The van der Waals surface area contributed by atoms with Crippen LogP contribution in [-0.2, 0) is 15.9 Å². The Hall–Kier alpha value is -0.875. The SMILES string of the molecule is CC1(O)CCN(Cc2ccc(B3OC(C)(C)C(C)(C)O3)cc2)C1. The van der Waals surface area contributed by atoms with Gasteiger partial charge in [0, 0.05) is 19.6 Å². The number of β-amino-alcohol motifs (C(OH)–C–C–N with tert-alkyl or cyclic N) is 1. The Bertz CT molecular complexity index is 552. The van der Waals surface area contributed by atoms with E-state index in [1.165, 1.54) is 5.56 Å². The predicted octanol–water partition coefficient (Wildman–Crippen LogP) is 1.94. The van der Waals surface area contributed by atoms with Gasteiger partial charge in [-0.25, -0.2) is 0 Å². The summed E-state index contributed by atoms with van der Waals surface area (Å²) < 4.78 is 12.2. The Kier molecular flexibility index (Phi) is 4.12. The molecule has 1 unspecified atom stereocenters. The van der Waals surface area contributed by atoms with Crippen molar-refractivity contribution in [3.63, 3.8) is 0 Å². The highest BCUT2D eigenvalue weighted by Crippen LogP contribution is 2.36. The number of likely N-dealkylation sites (tertiary alicyclic amines) is 1. The first-order valence-corrected chi connectivity index (χ1v) is 8.47. The minimum absolute atomic E-state index is 0.304. The maximum atomic E-state index is 10.1. The molecular weight excluding hydrogens is 289 g/mol. The van der Waals surface area contributed by atoms with Gasteiger partial charge in [0.2, 0.25) is 0 Å². The van der Waals surface area contributed by atoms with Crippen LogP contribution in [0.5, 0.6) is 0 Å². The summed E-state index contributed by atoms with van der Waals surface area (Å²) in [6, 6.07) is 8.44. The Balaban J connectivity index is 1.64. The number of benzene rings is 1. The molecule has 0 radical (unpaired) electrons. The van der Waals surface area contributed by atoms with Crippen molar-refractivity contribution in [1.82, 2.24) is 4.90 Å². The molecule has 23 heavy (non-hydrogen) atoms. The minimum atomic E-state index is -0.539. The summed E-state index contributed by atoms with van der Waals surface area (Å²) >= 11 is 0. The molecule has 1 aromatic rings. The molecule has 0 saturated carbocycles. The maximum Gasteiger partial charge on any atom is 0.494 e. The lowest BCUT2D eigenvalue weighted by molar-refractivity contribution is 0.00578. The van der Waals surface area contributed by atoms with Crippen molar-refractivity contribution in [2.75, 3.05) is 13.1 Å². The molecule has 3 rings (SSSR count). The molecule has 1 atom stereocenters. The Morgan fingerprint density at radius 2 is 1.61 bits per heavy atom. The summed E-state index contributed by atoms with van der Waals surface area (Å²) in [6.07, 6.45) is 0.846. The number of aliphatic hydroxyl groups is 1. The molecule has 0 amide bonds. The fraction of sp³-hybridized carbons (Fsp3) is 0.667. The van der Waals surface area contributed by atoms with Crippen molar-refractivity contribution < 1.29 is 14.4 Å². The fourth-order valence-electron chi connectivity index (χ4n) is 3.19. The zero-order valence-electron chi connectivity index (χ0n) is 14.9. The van der Waals surface area contributed by atoms with Gasteiger partial charge in [0.15, 0.2) is 0 Å². The van der Waals surface area contributed by atoms with Gasteiger partial charge in [0.1, 0.15) is 0 Å². The summed E-state index contributed by atoms with van der Waals surface area (Å²) in [5.74, 6) is 0. The molecule has 0 aliphatic carbocycles. The second kappa shape index (κ2) is 5.59. The first kappa shape index (κ1) is 17.0. The molecule has 0 spiro atoms. The van der Waals surface area contributed by atoms with E-state index in [-0.39, 0.29) is 18.3 Å². The average Bonchev–Trinajstić information content (AvgIpc) is 2.87. The number of rotatable bonds is 3. The highest BCUT2D eigenvalue weighted by molar-refractivity contribution is 6.62. The van der Waals surface area contributed by atoms with Gasteiger partial charge < -0.3 is 14.4 Å². The molecule has 2 aliphatic heterocycles. The Morgan fingerprint density at radius 3 is 2.09 bits per heavy atom. The summed E-state index contributed by atoms with van der Waals surface area (Å²) in [6.45, 7) is 12.8. The quantitative estimate of drug-likeness (QED) is 0.865. The van der Waals surface area contributed by atoms with E-state index in [1.54, 1.807) is 0 Å². The molecule has 2 fully saturated rings. The van der Waals surface area contributed by atoms with Gasteiger partial charge in [0.05, 0.1) is 16.8 Å². The van der Waals surface area contributed by atoms with E-state index in [0.717, 1.165) is 31.5 Å². The molecule has 2 saturated heterocycles. The van der Waals surface area contributed by atoms with Crippen molar-refractivity contribution >= 4 is 12.6 Å². The number of hydrogen-bond acceptors (Lipinski definition) is 4. The number of hydrogen-bond donors (Lipinski definition) is 1. The van der Waals surface area contributed by atoms with Crippen LogP contribution in [0.4, 0.5) is 0 Å². The first-order valence-electron chi connectivity index (χ1n) is 8.47. The van der Waals surface area contributed by atoms with Crippen molar-refractivity contribution in [2.45, 2.75) is 64.4 Å². The zero-order valence-corrected chi connectivity index (χ0v) is 14.9. The number of nitrogens with zero attached hydrogens (tertiary/aromatic N) is 1. The van der Waals surface area contributed by atoms with Crippen LogP contribution < -0.4 is 5.46 Å². The highest BCUT2D eigenvalue weighted by Gasteiger charge is 2.51. The topological polar surface area (TPSA) is 41.9 Å². The van der Waals surface area contributed by atoms with Crippen LogP contribution in [0, 0.1) is 0 Å².